The van der Waals surface area contributed by atoms with E-state index in [2.05, 4.69) is 49.5 Å². The molecule has 2 aromatic heterocycles. The molecule has 1 aliphatic heterocycles. The Kier molecular flexibility index (Phi) is 3.81. The lowest BCUT2D eigenvalue weighted by Gasteiger charge is -2.33. The van der Waals surface area contributed by atoms with Crippen molar-refractivity contribution in [2.45, 2.75) is 6.92 Å². The molecule has 6 nitrogen and oxygen atoms in total. The second-order valence-corrected chi connectivity index (χ2v) is 7.48. The quantitative estimate of drug-likeness (QED) is 0.542. The molecule has 0 atom stereocenters. The SMILES string of the molecule is Cc1nc2c3cc(Cl)cc(I)c3nc(N3CCN(C)CC3)n2n1. The van der Waals surface area contributed by atoms with Gasteiger partial charge in [0.05, 0.1) is 5.52 Å². The second-order valence-electron chi connectivity index (χ2n) is 5.88. The summed E-state index contributed by atoms with van der Waals surface area (Å²) < 4.78 is 2.89. The number of aromatic nitrogens is 4. The maximum absolute atomic E-state index is 6.23. The van der Waals surface area contributed by atoms with Crippen LogP contribution in [-0.2, 0) is 0 Å². The van der Waals surface area contributed by atoms with E-state index >= 15 is 0 Å². The van der Waals surface area contributed by atoms with Crippen molar-refractivity contribution in [3.63, 3.8) is 0 Å². The molecular weight excluding hydrogens is 427 g/mol. The molecule has 0 amide bonds. The van der Waals surface area contributed by atoms with Gasteiger partial charge >= 0.3 is 0 Å². The zero-order valence-corrected chi connectivity index (χ0v) is 15.8. The summed E-state index contributed by atoms with van der Waals surface area (Å²) in [5, 5.41) is 6.20. The van der Waals surface area contributed by atoms with Gasteiger partial charge in [0.15, 0.2) is 5.65 Å². The van der Waals surface area contributed by atoms with Gasteiger partial charge in [0.25, 0.3) is 0 Å². The number of piperazine rings is 1. The van der Waals surface area contributed by atoms with E-state index in [9.17, 15) is 0 Å². The predicted molar refractivity (Wildman–Crippen MR) is 100 cm³/mol. The van der Waals surface area contributed by atoms with Crippen LogP contribution in [0.5, 0.6) is 0 Å². The first-order chi connectivity index (χ1) is 11.0. The summed E-state index contributed by atoms with van der Waals surface area (Å²) in [5.74, 6) is 1.60. The van der Waals surface area contributed by atoms with Gasteiger partial charge < -0.3 is 9.80 Å². The van der Waals surface area contributed by atoms with E-state index < -0.39 is 0 Å². The number of halogens is 2. The molecule has 0 radical (unpaired) electrons. The highest BCUT2D eigenvalue weighted by Crippen LogP contribution is 2.29. The molecule has 0 N–H and O–H groups in total. The average molecular weight is 443 g/mol. The van der Waals surface area contributed by atoms with E-state index in [1.54, 1.807) is 0 Å². The smallest absolute Gasteiger partial charge is 0.229 e. The molecule has 1 aliphatic rings. The Morgan fingerprint density at radius 3 is 2.61 bits per heavy atom. The first kappa shape index (κ1) is 15.3. The van der Waals surface area contributed by atoms with Crippen molar-refractivity contribution in [3.8, 4) is 0 Å². The van der Waals surface area contributed by atoms with Crippen molar-refractivity contribution < 1.29 is 0 Å². The molecule has 0 bridgehead atoms. The summed E-state index contributed by atoms with van der Waals surface area (Å²) in [4.78, 5) is 14.1. The average Bonchev–Trinajstić information content (AvgIpc) is 2.89. The molecule has 120 valence electrons. The van der Waals surface area contributed by atoms with Crippen LogP contribution >= 0.6 is 34.2 Å². The topological polar surface area (TPSA) is 49.6 Å². The van der Waals surface area contributed by atoms with Gasteiger partial charge in [-0.2, -0.15) is 4.52 Å². The zero-order chi connectivity index (χ0) is 16.1. The minimum absolute atomic E-state index is 0.693. The van der Waals surface area contributed by atoms with Crippen LogP contribution in [0.25, 0.3) is 16.6 Å². The maximum Gasteiger partial charge on any atom is 0.229 e. The van der Waals surface area contributed by atoms with Crippen molar-refractivity contribution in [2.24, 2.45) is 0 Å². The van der Waals surface area contributed by atoms with E-state index in [-0.39, 0.29) is 0 Å². The van der Waals surface area contributed by atoms with Crippen LogP contribution in [0.3, 0.4) is 0 Å². The highest BCUT2D eigenvalue weighted by molar-refractivity contribution is 14.1. The lowest BCUT2D eigenvalue weighted by molar-refractivity contribution is 0.310. The summed E-state index contributed by atoms with van der Waals surface area (Å²) in [6, 6.07) is 3.86. The molecule has 23 heavy (non-hydrogen) atoms. The molecule has 8 heteroatoms. The first-order valence-electron chi connectivity index (χ1n) is 7.48. The molecular formula is C15H16ClIN6. The van der Waals surface area contributed by atoms with Crippen molar-refractivity contribution in [1.29, 1.82) is 0 Å². The lowest BCUT2D eigenvalue weighted by atomic mass is 10.2. The standard InChI is InChI=1S/C15H16ClIN6/c1-9-18-14-11-7-10(16)8-12(17)13(11)19-15(23(14)20-9)22-5-3-21(2)4-6-22/h7-8H,3-6H2,1-2H3. The molecule has 3 aromatic rings. The van der Waals surface area contributed by atoms with Crippen molar-refractivity contribution in [1.82, 2.24) is 24.5 Å². The third-order valence-electron chi connectivity index (χ3n) is 4.17. The Labute approximate surface area is 152 Å². The highest BCUT2D eigenvalue weighted by atomic mass is 127. The van der Waals surface area contributed by atoms with E-state index in [0.29, 0.717) is 5.02 Å². The van der Waals surface area contributed by atoms with Crippen LogP contribution in [0.15, 0.2) is 12.1 Å². The first-order valence-corrected chi connectivity index (χ1v) is 8.94. The van der Waals surface area contributed by atoms with Gasteiger partial charge in [0.1, 0.15) is 5.82 Å². The van der Waals surface area contributed by atoms with Crippen LogP contribution in [0.2, 0.25) is 5.02 Å². The van der Waals surface area contributed by atoms with Crippen LogP contribution in [-0.4, -0.2) is 57.7 Å². The molecule has 1 fully saturated rings. The molecule has 1 saturated heterocycles. The van der Waals surface area contributed by atoms with Gasteiger partial charge in [-0.05, 0) is 48.7 Å². The molecule has 3 heterocycles. The molecule has 4 rings (SSSR count). The van der Waals surface area contributed by atoms with Gasteiger partial charge in [0, 0.05) is 40.2 Å². The van der Waals surface area contributed by atoms with Crippen LogP contribution in [0, 0.1) is 10.5 Å². The molecule has 0 aliphatic carbocycles. The number of likely N-dealkylation sites (N-methyl/N-ethyl adjacent to an activating group) is 1. The van der Waals surface area contributed by atoms with E-state index in [1.807, 2.05) is 23.6 Å². The Bertz CT molecular complexity index is 900. The number of nitrogens with zero attached hydrogens (tertiary/aromatic N) is 6. The summed E-state index contributed by atoms with van der Waals surface area (Å²) in [6.45, 7) is 5.82. The normalized spacial score (nSPS) is 16.6. The van der Waals surface area contributed by atoms with Crippen LogP contribution < -0.4 is 4.90 Å². The molecule has 1 aromatic carbocycles. The number of benzene rings is 1. The third kappa shape index (κ3) is 2.64. The molecule has 0 unspecified atom stereocenters. The van der Waals surface area contributed by atoms with Crippen molar-refractivity contribution in [3.05, 3.63) is 26.5 Å². The lowest BCUT2D eigenvalue weighted by Crippen LogP contribution is -2.45. The number of fused-ring (bicyclic) bond motifs is 3. The summed E-state index contributed by atoms with van der Waals surface area (Å²) in [6.07, 6.45) is 0. The van der Waals surface area contributed by atoms with Crippen molar-refractivity contribution in [2.75, 3.05) is 38.1 Å². The fourth-order valence-electron chi connectivity index (χ4n) is 2.94. The van der Waals surface area contributed by atoms with Gasteiger partial charge in [-0.25, -0.2) is 9.97 Å². The summed E-state index contributed by atoms with van der Waals surface area (Å²) in [7, 11) is 2.14. The Morgan fingerprint density at radius 1 is 1.13 bits per heavy atom. The Balaban J connectivity index is 1.99. The van der Waals surface area contributed by atoms with Gasteiger partial charge in [-0.15, -0.1) is 5.10 Å². The number of aryl methyl sites for hydroxylation is 1. The predicted octanol–water partition coefficient (Wildman–Crippen LogP) is 2.60. The maximum atomic E-state index is 6.23. The number of hydrogen-bond acceptors (Lipinski definition) is 5. The third-order valence-corrected chi connectivity index (χ3v) is 5.21. The van der Waals surface area contributed by atoms with E-state index in [0.717, 1.165) is 58.1 Å². The largest absolute Gasteiger partial charge is 0.338 e. The molecule has 0 spiro atoms. The highest BCUT2D eigenvalue weighted by Gasteiger charge is 2.21. The Hall–Kier alpha value is -1.19. The van der Waals surface area contributed by atoms with E-state index in [4.69, 9.17) is 16.6 Å². The zero-order valence-electron chi connectivity index (χ0n) is 12.9. The van der Waals surface area contributed by atoms with Gasteiger partial charge in [-0.1, -0.05) is 11.6 Å². The summed E-state index contributed by atoms with van der Waals surface area (Å²) in [5.41, 5.74) is 1.76. The van der Waals surface area contributed by atoms with Crippen LogP contribution in [0.1, 0.15) is 5.82 Å². The minimum Gasteiger partial charge on any atom is -0.338 e. The van der Waals surface area contributed by atoms with E-state index in [1.165, 1.54) is 0 Å². The summed E-state index contributed by atoms with van der Waals surface area (Å²) >= 11 is 8.51. The van der Waals surface area contributed by atoms with Gasteiger partial charge in [-0.3, -0.25) is 0 Å². The number of hydrogen-bond donors (Lipinski definition) is 0. The van der Waals surface area contributed by atoms with Crippen molar-refractivity contribution >= 4 is 56.7 Å². The number of anilines is 1. The fourth-order valence-corrected chi connectivity index (χ4v) is 4.09. The molecule has 0 saturated carbocycles. The Morgan fingerprint density at radius 2 is 1.87 bits per heavy atom. The van der Waals surface area contributed by atoms with Crippen LogP contribution in [0.4, 0.5) is 5.95 Å². The fraction of sp³-hybridized carbons (Fsp3) is 0.400. The number of rotatable bonds is 1. The van der Waals surface area contributed by atoms with Gasteiger partial charge in [0.2, 0.25) is 5.95 Å². The monoisotopic (exact) mass is 442 g/mol. The second kappa shape index (κ2) is 5.71. The minimum atomic E-state index is 0.693.